The Kier molecular flexibility index (Phi) is 8.00. The molecule has 0 radical (unpaired) electrons. The van der Waals surface area contributed by atoms with Gasteiger partial charge in [-0.25, -0.2) is 0 Å². The number of thioether (sulfide) groups is 1. The molecule has 2 rings (SSSR count). The van der Waals surface area contributed by atoms with Gasteiger partial charge in [-0.15, -0.1) is 11.8 Å². The minimum atomic E-state index is -0.392. The van der Waals surface area contributed by atoms with Crippen LogP contribution in [0.2, 0.25) is 5.02 Å². The molecule has 2 aromatic rings. The van der Waals surface area contributed by atoms with Crippen LogP contribution in [0.5, 0.6) is 5.75 Å². The Bertz CT molecular complexity index is 814. The van der Waals surface area contributed by atoms with E-state index in [1.807, 2.05) is 32.0 Å². The zero-order chi connectivity index (χ0) is 19.8. The second-order valence-corrected chi connectivity index (χ2v) is 7.64. The van der Waals surface area contributed by atoms with E-state index >= 15 is 0 Å². The second kappa shape index (κ2) is 10.2. The summed E-state index contributed by atoms with van der Waals surface area (Å²) in [6, 6.07) is 12.6. The summed E-state index contributed by atoms with van der Waals surface area (Å²) in [5.41, 5.74) is 2.22. The Morgan fingerprint density at radius 1 is 1.15 bits per heavy atom. The quantitative estimate of drug-likeness (QED) is 0.664. The van der Waals surface area contributed by atoms with E-state index in [2.05, 4.69) is 10.6 Å². The predicted octanol–water partition coefficient (Wildman–Crippen LogP) is 4.75. The zero-order valence-corrected chi connectivity index (χ0v) is 17.1. The van der Waals surface area contributed by atoms with Crippen LogP contribution in [0.4, 0.5) is 11.4 Å². The average molecular weight is 407 g/mol. The minimum Gasteiger partial charge on any atom is -0.492 e. The fraction of sp³-hybridized carbons (Fsp3) is 0.300. The van der Waals surface area contributed by atoms with E-state index < -0.39 is 5.25 Å². The first kappa shape index (κ1) is 21.1. The molecule has 0 heterocycles. The predicted molar refractivity (Wildman–Crippen MR) is 113 cm³/mol. The van der Waals surface area contributed by atoms with E-state index in [1.54, 1.807) is 31.2 Å². The van der Waals surface area contributed by atoms with Gasteiger partial charge >= 0.3 is 0 Å². The summed E-state index contributed by atoms with van der Waals surface area (Å²) in [6.45, 7) is 6.06. The number of para-hydroxylation sites is 2. The summed E-state index contributed by atoms with van der Waals surface area (Å²) < 4.78 is 5.49. The van der Waals surface area contributed by atoms with Gasteiger partial charge in [-0.05, 0) is 50.6 Å². The number of halogens is 1. The Morgan fingerprint density at radius 2 is 1.89 bits per heavy atom. The van der Waals surface area contributed by atoms with Gasteiger partial charge in [0.2, 0.25) is 11.8 Å². The van der Waals surface area contributed by atoms with Crippen molar-refractivity contribution in [3.05, 3.63) is 53.1 Å². The van der Waals surface area contributed by atoms with Crippen LogP contribution in [0.25, 0.3) is 0 Å². The van der Waals surface area contributed by atoms with Gasteiger partial charge in [-0.2, -0.15) is 0 Å². The molecule has 0 saturated heterocycles. The van der Waals surface area contributed by atoms with E-state index in [9.17, 15) is 9.59 Å². The maximum atomic E-state index is 12.4. The van der Waals surface area contributed by atoms with Gasteiger partial charge in [0.15, 0.2) is 0 Å². The van der Waals surface area contributed by atoms with E-state index in [4.69, 9.17) is 16.3 Å². The molecule has 27 heavy (non-hydrogen) atoms. The Hall–Kier alpha value is -2.18. The molecule has 5 nitrogen and oxygen atoms in total. The summed E-state index contributed by atoms with van der Waals surface area (Å²) in [7, 11) is 0. The molecule has 0 aromatic heterocycles. The molecule has 2 amide bonds. The van der Waals surface area contributed by atoms with Gasteiger partial charge in [0.25, 0.3) is 0 Å². The number of hydrogen-bond donors (Lipinski definition) is 2. The molecule has 2 aromatic carbocycles. The number of aryl methyl sites for hydroxylation is 1. The highest BCUT2D eigenvalue weighted by molar-refractivity contribution is 8.01. The summed E-state index contributed by atoms with van der Waals surface area (Å²) in [4.78, 5) is 24.6. The number of carbonyl (C=O) groups is 2. The third kappa shape index (κ3) is 6.48. The lowest BCUT2D eigenvalue weighted by molar-refractivity contribution is -0.115. The lowest BCUT2D eigenvalue weighted by Crippen LogP contribution is -2.25. The SMILES string of the molecule is CCOc1ccccc1NC(=O)CS[C@H](C)C(=O)Nc1cc(Cl)ccc1C. The maximum absolute atomic E-state index is 12.4. The van der Waals surface area contributed by atoms with Crippen molar-refractivity contribution in [3.63, 3.8) is 0 Å². The number of rotatable bonds is 8. The molecule has 144 valence electrons. The van der Waals surface area contributed by atoms with Crippen LogP contribution in [-0.4, -0.2) is 29.4 Å². The van der Waals surface area contributed by atoms with Crippen molar-refractivity contribution in [2.75, 3.05) is 23.0 Å². The number of ether oxygens (including phenoxy) is 1. The Labute approximate surface area is 168 Å². The van der Waals surface area contributed by atoms with Crippen LogP contribution in [-0.2, 0) is 9.59 Å². The van der Waals surface area contributed by atoms with Gasteiger partial charge in [0.1, 0.15) is 5.75 Å². The summed E-state index contributed by atoms with van der Waals surface area (Å²) in [5, 5.41) is 5.84. The maximum Gasteiger partial charge on any atom is 0.237 e. The van der Waals surface area contributed by atoms with Crippen LogP contribution in [0.1, 0.15) is 19.4 Å². The first-order valence-electron chi connectivity index (χ1n) is 8.61. The molecule has 0 aliphatic carbocycles. The van der Waals surface area contributed by atoms with Crippen molar-refractivity contribution in [2.24, 2.45) is 0 Å². The van der Waals surface area contributed by atoms with Crippen LogP contribution in [0.3, 0.4) is 0 Å². The van der Waals surface area contributed by atoms with Gasteiger partial charge < -0.3 is 15.4 Å². The molecule has 0 bridgehead atoms. The highest BCUT2D eigenvalue weighted by Crippen LogP contribution is 2.25. The second-order valence-electron chi connectivity index (χ2n) is 5.88. The van der Waals surface area contributed by atoms with E-state index in [0.717, 1.165) is 5.56 Å². The fourth-order valence-electron chi connectivity index (χ4n) is 2.28. The number of anilines is 2. The molecule has 1 atom stereocenters. The zero-order valence-electron chi connectivity index (χ0n) is 15.5. The van der Waals surface area contributed by atoms with E-state index in [0.29, 0.717) is 28.8 Å². The third-order valence-electron chi connectivity index (χ3n) is 3.75. The molecule has 7 heteroatoms. The van der Waals surface area contributed by atoms with Gasteiger partial charge in [0.05, 0.1) is 23.3 Å². The third-order valence-corrected chi connectivity index (χ3v) is 5.13. The van der Waals surface area contributed by atoms with Crippen molar-refractivity contribution >= 4 is 46.6 Å². The Balaban J connectivity index is 1.87. The monoisotopic (exact) mass is 406 g/mol. The van der Waals surface area contributed by atoms with Gasteiger partial charge in [-0.3, -0.25) is 9.59 Å². The van der Waals surface area contributed by atoms with Crippen molar-refractivity contribution < 1.29 is 14.3 Å². The Morgan fingerprint density at radius 3 is 2.63 bits per heavy atom. The number of carbonyl (C=O) groups excluding carboxylic acids is 2. The lowest BCUT2D eigenvalue weighted by atomic mass is 10.2. The number of nitrogens with one attached hydrogen (secondary N) is 2. The smallest absolute Gasteiger partial charge is 0.237 e. The molecule has 0 saturated carbocycles. The number of hydrogen-bond acceptors (Lipinski definition) is 4. The van der Waals surface area contributed by atoms with E-state index in [1.165, 1.54) is 11.8 Å². The summed E-state index contributed by atoms with van der Waals surface area (Å²) in [6.07, 6.45) is 0. The molecular formula is C20H23ClN2O3S. The van der Waals surface area contributed by atoms with Crippen LogP contribution in [0.15, 0.2) is 42.5 Å². The molecule has 0 fully saturated rings. The largest absolute Gasteiger partial charge is 0.492 e. The first-order valence-corrected chi connectivity index (χ1v) is 10.0. The summed E-state index contributed by atoms with van der Waals surface area (Å²) >= 11 is 7.24. The topological polar surface area (TPSA) is 67.4 Å². The molecule has 2 N–H and O–H groups in total. The standard InChI is InChI=1S/C20H23ClN2O3S/c1-4-26-18-8-6-5-7-16(18)22-19(24)12-27-14(3)20(25)23-17-11-15(21)10-9-13(17)2/h5-11,14H,4,12H2,1-3H3,(H,22,24)(H,23,25)/t14-/m1/s1. The number of benzene rings is 2. The number of amides is 2. The van der Waals surface area contributed by atoms with Crippen molar-refractivity contribution in [3.8, 4) is 5.75 Å². The van der Waals surface area contributed by atoms with Crippen molar-refractivity contribution in [1.82, 2.24) is 0 Å². The highest BCUT2D eigenvalue weighted by Gasteiger charge is 2.17. The normalized spacial score (nSPS) is 11.6. The molecule has 0 aliphatic rings. The summed E-state index contributed by atoms with van der Waals surface area (Å²) in [5.74, 6) is 0.419. The van der Waals surface area contributed by atoms with Gasteiger partial charge in [0, 0.05) is 10.7 Å². The van der Waals surface area contributed by atoms with Crippen LogP contribution < -0.4 is 15.4 Å². The lowest BCUT2D eigenvalue weighted by Gasteiger charge is -2.14. The molecule has 0 aliphatic heterocycles. The molecular weight excluding hydrogens is 384 g/mol. The van der Waals surface area contributed by atoms with Crippen LogP contribution >= 0.6 is 23.4 Å². The van der Waals surface area contributed by atoms with Crippen LogP contribution in [0, 0.1) is 6.92 Å². The minimum absolute atomic E-state index is 0.156. The van der Waals surface area contributed by atoms with Crippen molar-refractivity contribution in [1.29, 1.82) is 0 Å². The fourth-order valence-corrected chi connectivity index (χ4v) is 3.13. The van der Waals surface area contributed by atoms with Gasteiger partial charge in [-0.1, -0.05) is 29.8 Å². The highest BCUT2D eigenvalue weighted by atomic mass is 35.5. The van der Waals surface area contributed by atoms with E-state index in [-0.39, 0.29) is 17.6 Å². The molecule has 0 unspecified atom stereocenters. The first-order chi connectivity index (χ1) is 12.9. The molecule has 0 spiro atoms. The van der Waals surface area contributed by atoms with Crippen molar-refractivity contribution in [2.45, 2.75) is 26.0 Å². The average Bonchev–Trinajstić information content (AvgIpc) is 2.64.